The summed E-state index contributed by atoms with van der Waals surface area (Å²) in [6.07, 6.45) is 3.72. The summed E-state index contributed by atoms with van der Waals surface area (Å²) in [7, 11) is 0. The summed E-state index contributed by atoms with van der Waals surface area (Å²) in [5, 5.41) is 0. The standard InChI is InChI=1S/C19H22N2O3/c22-17-12-16-19(21(17)7-3-9-24-19)6-8-20(16)18(23)15-10-13-4-1-2-5-14(13)11-15/h1-2,4-5,15-16H,3,6-12H2/t16-,19+/m1/s1. The first-order valence-electron chi connectivity index (χ1n) is 9.01. The lowest BCUT2D eigenvalue weighted by Crippen LogP contribution is -2.56. The number of benzene rings is 1. The summed E-state index contributed by atoms with van der Waals surface area (Å²) in [5.74, 6) is 0.370. The van der Waals surface area contributed by atoms with Gasteiger partial charge in [-0.05, 0) is 30.4 Å². The van der Waals surface area contributed by atoms with Gasteiger partial charge in [0.25, 0.3) is 0 Å². The molecule has 5 heteroatoms. The van der Waals surface area contributed by atoms with E-state index in [1.165, 1.54) is 11.1 Å². The van der Waals surface area contributed by atoms with Crippen molar-refractivity contribution in [1.29, 1.82) is 0 Å². The van der Waals surface area contributed by atoms with Crippen LogP contribution >= 0.6 is 0 Å². The van der Waals surface area contributed by atoms with Crippen molar-refractivity contribution >= 4 is 11.8 Å². The highest BCUT2D eigenvalue weighted by Gasteiger charge is 2.62. The first-order valence-corrected chi connectivity index (χ1v) is 9.01. The van der Waals surface area contributed by atoms with E-state index < -0.39 is 5.72 Å². The number of nitrogens with zero attached hydrogens (tertiary/aromatic N) is 2. The van der Waals surface area contributed by atoms with Crippen molar-refractivity contribution in [2.75, 3.05) is 19.7 Å². The van der Waals surface area contributed by atoms with Crippen molar-refractivity contribution in [2.24, 2.45) is 5.92 Å². The van der Waals surface area contributed by atoms with Crippen LogP contribution in [0.15, 0.2) is 24.3 Å². The number of fused-ring (bicyclic) bond motifs is 1. The van der Waals surface area contributed by atoms with Crippen LogP contribution in [0.2, 0.25) is 0 Å². The molecule has 3 aliphatic heterocycles. The lowest BCUT2D eigenvalue weighted by Gasteiger charge is -2.42. The Morgan fingerprint density at radius 3 is 2.62 bits per heavy atom. The molecule has 3 heterocycles. The molecular weight excluding hydrogens is 304 g/mol. The zero-order valence-electron chi connectivity index (χ0n) is 13.7. The molecule has 5 nitrogen and oxygen atoms in total. The molecule has 1 aromatic rings. The Hall–Kier alpha value is -1.88. The van der Waals surface area contributed by atoms with Gasteiger partial charge in [-0.15, -0.1) is 0 Å². The van der Waals surface area contributed by atoms with E-state index in [1.807, 2.05) is 21.9 Å². The molecule has 126 valence electrons. The zero-order valence-corrected chi connectivity index (χ0v) is 13.7. The van der Waals surface area contributed by atoms with Gasteiger partial charge in [-0.2, -0.15) is 0 Å². The fourth-order valence-corrected chi connectivity index (χ4v) is 5.18. The lowest BCUT2D eigenvalue weighted by atomic mass is 10.0. The Morgan fingerprint density at radius 1 is 1.12 bits per heavy atom. The maximum absolute atomic E-state index is 13.2. The molecule has 3 saturated heterocycles. The van der Waals surface area contributed by atoms with Gasteiger partial charge in [0.05, 0.1) is 19.1 Å². The second-order valence-electron chi connectivity index (χ2n) is 7.47. The minimum absolute atomic E-state index is 0.0188. The Balaban J connectivity index is 1.39. The van der Waals surface area contributed by atoms with E-state index in [4.69, 9.17) is 4.74 Å². The van der Waals surface area contributed by atoms with E-state index in [9.17, 15) is 9.59 Å². The molecule has 1 aliphatic carbocycles. The third-order valence-corrected chi connectivity index (χ3v) is 6.30. The SMILES string of the molecule is O=C(C1Cc2ccccc2C1)N1CC[C@@]23OCCCN2C(=O)C[C@@H]13. The molecule has 3 fully saturated rings. The summed E-state index contributed by atoms with van der Waals surface area (Å²) >= 11 is 0. The molecule has 5 rings (SSSR count). The van der Waals surface area contributed by atoms with Crippen molar-refractivity contribution in [3.63, 3.8) is 0 Å². The van der Waals surface area contributed by atoms with Gasteiger partial charge in [0, 0.05) is 25.4 Å². The van der Waals surface area contributed by atoms with E-state index in [0.717, 1.165) is 32.2 Å². The van der Waals surface area contributed by atoms with E-state index in [0.29, 0.717) is 19.6 Å². The maximum atomic E-state index is 13.2. The van der Waals surface area contributed by atoms with Crippen LogP contribution in [0.1, 0.15) is 30.4 Å². The molecule has 0 N–H and O–H groups in total. The number of amides is 2. The van der Waals surface area contributed by atoms with E-state index in [1.54, 1.807) is 0 Å². The zero-order chi connectivity index (χ0) is 16.3. The Bertz CT molecular complexity index is 693. The summed E-state index contributed by atoms with van der Waals surface area (Å²) in [4.78, 5) is 29.4. The first kappa shape index (κ1) is 14.5. The molecule has 0 unspecified atom stereocenters. The van der Waals surface area contributed by atoms with Crippen LogP contribution in [-0.4, -0.2) is 53.1 Å². The summed E-state index contributed by atoms with van der Waals surface area (Å²) < 4.78 is 6.10. The second-order valence-corrected chi connectivity index (χ2v) is 7.47. The highest BCUT2D eigenvalue weighted by Crippen LogP contribution is 2.45. The van der Waals surface area contributed by atoms with Gasteiger partial charge in [0.1, 0.15) is 0 Å². The highest BCUT2D eigenvalue weighted by molar-refractivity contribution is 5.86. The van der Waals surface area contributed by atoms with Crippen molar-refractivity contribution in [3.8, 4) is 0 Å². The summed E-state index contributed by atoms with van der Waals surface area (Å²) in [6.45, 7) is 2.17. The van der Waals surface area contributed by atoms with Crippen LogP contribution in [0.25, 0.3) is 0 Å². The molecule has 1 aromatic carbocycles. The third-order valence-electron chi connectivity index (χ3n) is 6.30. The minimum atomic E-state index is -0.531. The van der Waals surface area contributed by atoms with Crippen LogP contribution in [0.4, 0.5) is 0 Å². The highest BCUT2D eigenvalue weighted by atomic mass is 16.5. The average molecular weight is 326 g/mol. The Morgan fingerprint density at radius 2 is 1.88 bits per heavy atom. The molecular formula is C19H22N2O3. The molecule has 0 saturated carbocycles. The van der Waals surface area contributed by atoms with Gasteiger partial charge in [-0.3, -0.25) is 9.59 Å². The lowest BCUT2D eigenvalue weighted by molar-refractivity contribution is -0.182. The molecule has 4 aliphatic rings. The van der Waals surface area contributed by atoms with Crippen LogP contribution < -0.4 is 0 Å². The molecule has 0 bridgehead atoms. The Kier molecular flexibility index (Phi) is 3.05. The van der Waals surface area contributed by atoms with Crippen molar-refractivity contribution < 1.29 is 14.3 Å². The van der Waals surface area contributed by atoms with E-state index in [-0.39, 0.29) is 23.8 Å². The van der Waals surface area contributed by atoms with Crippen molar-refractivity contribution in [1.82, 2.24) is 9.80 Å². The van der Waals surface area contributed by atoms with Gasteiger partial charge >= 0.3 is 0 Å². The predicted molar refractivity (Wildman–Crippen MR) is 87.1 cm³/mol. The third kappa shape index (κ3) is 1.85. The van der Waals surface area contributed by atoms with Gasteiger partial charge < -0.3 is 14.5 Å². The molecule has 24 heavy (non-hydrogen) atoms. The predicted octanol–water partition coefficient (Wildman–Crippen LogP) is 1.35. The van der Waals surface area contributed by atoms with E-state index in [2.05, 4.69) is 12.1 Å². The molecule has 2 atom stereocenters. The van der Waals surface area contributed by atoms with Gasteiger partial charge in [-0.25, -0.2) is 0 Å². The van der Waals surface area contributed by atoms with Crippen molar-refractivity contribution in [3.05, 3.63) is 35.4 Å². The van der Waals surface area contributed by atoms with Crippen LogP contribution in [0.5, 0.6) is 0 Å². The summed E-state index contributed by atoms with van der Waals surface area (Å²) in [6, 6.07) is 8.24. The second kappa shape index (κ2) is 5.06. The monoisotopic (exact) mass is 326 g/mol. The quantitative estimate of drug-likeness (QED) is 0.783. The summed E-state index contributed by atoms with van der Waals surface area (Å²) in [5.41, 5.74) is 2.06. The normalized spacial score (nSPS) is 32.0. The largest absolute Gasteiger partial charge is 0.353 e. The molecule has 1 spiro atoms. The van der Waals surface area contributed by atoms with Crippen LogP contribution in [0, 0.1) is 5.92 Å². The number of hydrogen-bond acceptors (Lipinski definition) is 3. The van der Waals surface area contributed by atoms with E-state index >= 15 is 0 Å². The average Bonchev–Trinajstić information content (AvgIpc) is 3.24. The van der Waals surface area contributed by atoms with Crippen LogP contribution in [0.3, 0.4) is 0 Å². The molecule has 0 radical (unpaired) electrons. The van der Waals surface area contributed by atoms with Crippen molar-refractivity contribution in [2.45, 2.75) is 43.9 Å². The van der Waals surface area contributed by atoms with Gasteiger partial charge in [0.2, 0.25) is 11.8 Å². The number of ether oxygens (including phenoxy) is 1. The number of hydrogen-bond donors (Lipinski definition) is 0. The van der Waals surface area contributed by atoms with Crippen LogP contribution in [-0.2, 0) is 27.2 Å². The fraction of sp³-hybridized carbons (Fsp3) is 0.579. The number of carbonyl (C=O) groups is 2. The van der Waals surface area contributed by atoms with Gasteiger partial charge in [0.15, 0.2) is 5.72 Å². The topological polar surface area (TPSA) is 49.9 Å². The number of likely N-dealkylation sites (tertiary alicyclic amines) is 1. The fourth-order valence-electron chi connectivity index (χ4n) is 5.18. The number of rotatable bonds is 1. The Labute approximate surface area is 141 Å². The smallest absolute Gasteiger partial charge is 0.227 e. The van der Waals surface area contributed by atoms with Gasteiger partial charge in [-0.1, -0.05) is 24.3 Å². The maximum Gasteiger partial charge on any atom is 0.227 e. The number of carbonyl (C=O) groups excluding carboxylic acids is 2. The molecule has 0 aromatic heterocycles. The minimum Gasteiger partial charge on any atom is -0.353 e. The first-order chi connectivity index (χ1) is 11.7. The molecule has 2 amide bonds.